The highest BCUT2D eigenvalue weighted by atomic mass is 32.2. The number of rotatable bonds is 3. The van der Waals surface area contributed by atoms with Crippen molar-refractivity contribution in [1.82, 2.24) is 14.9 Å². The zero-order chi connectivity index (χ0) is 17.2. The second kappa shape index (κ2) is 6.80. The summed E-state index contributed by atoms with van der Waals surface area (Å²) in [7, 11) is 1.67. The topological polar surface area (TPSA) is 58.2 Å². The van der Waals surface area contributed by atoms with E-state index >= 15 is 0 Å². The Hall–Kier alpha value is -2.47. The van der Waals surface area contributed by atoms with Gasteiger partial charge in [0, 0.05) is 29.7 Å². The Labute approximate surface area is 150 Å². The highest BCUT2D eigenvalue weighted by Crippen LogP contribution is 2.34. The van der Waals surface area contributed by atoms with Gasteiger partial charge in [0.05, 0.1) is 24.5 Å². The minimum atomic E-state index is 0.0790. The van der Waals surface area contributed by atoms with Crippen LogP contribution in [0.25, 0.3) is 11.0 Å². The van der Waals surface area contributed by atoms with Crippen molar-refractivity contribution in [2.45, 2.75) is 5.25 Å². The predicted octanol–water partition coefficient (Wildman–Crippen LogP) is 3.50. The van der Waals surface area contributed by atoms with Crippen molar-refractivity contribution < 1.29 is 9.53 Å². The number of aromatic nitrogens is 2. The average Bonchev–Trinajstić information content (AvgIpc) is 3.15. The lowest BCUT2D eigenvalue weighted by Crippen LogP contribution is -2.39. The van der Waals surface area contributed by atoms with Gasteiger partial charge >= 0.3 is 0 Å². The van der Waals surface area contributed by atoms with Gasteiger partial charge in [-0.05, 0) is 35.9 Å². The molecule has 0 saturated carbocycles. The van der Waals surface area contributed by atoms with Crippen molar-refractivity contribution >= 4 is 28.7 Å². The number of ether oxygens (including phenoxy) is 1. The third kappa shape index (κ3) is 3.22. The smallest absolute Gasteiger partial charge is 0.254 e. The van der Waals surface area contributed by atoms with Crippen molar-refractivity contribution in [1.29, 1.82) is 0 Å². The molecular weight excluding hydrogens is 334 g/mol. The summed E-state index contributed by atoms with van der Waals surface area (Å²) in [5, 5.41) is 0.291. The van der Waals surface area contributed by atoms with Crippen LogP contribution in [-0.2, 0) is 0 Å². The molecule has 1 aliphatic heterocycles. The van der Waals surface area contributed by atoms with E-state index in [1.54, 1.807) is 13.4 Å². The van der Waals surface area contributed by atoms with Crippen molar-refractivity contribution in [2.75, 3.05) is 26.0 Å². The van der Waals surface area contributed by atoms with E-state index in [-0.39, 0.29) is 5.91 Å². The standard InChI is InChI=1S/C19H19N3O2S/c1-24-15-5-2-13(3-6-15)18-11-22(8-9-25-18)19(23)14-4-7-16-17(10-14)21-12-20-16/h2-7,10,12,18H,8-9,11H2,1H3,(H,20,21). The molecule has 0 radical (unpaired) electrons. The maximum absolute atomic E-state index is 12.9. The van der Waals surface area contributed by atoms with E-state index in [1.807, 2.05) is 47.0 Å². The number of H-pyrrole nitrogens is 1. The van der Waals surface area contributed by atoms with Crippen molar-refractivity contribution in [3.8, 4) is 5.75 Å². The van der Waals surface area contributed by atoms with Crippen molar-refractivity contribution in [3.63, 3.8) is 0 Å². The predicted molar refractivity (Wildman–Crippen MR) is 100 cm³/mol. The molecule has 1 amide bonds. The number of hydrogen-bond donors (Lipinski definition) is 1. The van der Waals surface area contributed by atoms with Gasteiger partial charge in [-0.3, -0.25) is 4.79 Å². The minimum absolute atomic E-state index is 0.0790. The van der Waals surface area contributed by atoms with Gasteiger partial charge in [0.15, 0.2) is 0 Å². The van der Waals surface area contributed by atoms with Gasteiger partial charge in [-0.15, -0.1) is 0 Å². The summed E-state index contributed by atoms with van der Waals surface area (Å²) in [5.41, 5.74) is 3.70. The fraction of sp³-hybridized carbons (Fsp3) is 0.263. The number of carbonyl (C=O) groups excluding carboxylic acids is 1. The summed E-state index contributed by atoms with van der Waals surface area (Å²) >= 11 is 1.90. The third-order valence-electron chi connectivity index (χ3n) is 4.51. The molecule has 0 bridgehead atoms. The number of nitrogens with one attached hydrogen (secondary N) is 1. The van der Waals surface area contributed by atoms with Crippen LogP contribution in [0.5, 0.6) is 5.75 Å². The van der Waals surface area contributed by atoms with Gasteiger partial charge in [0.25, 0.3) is 5.91 Å². The first-order valence-corrected chi connectivity index (χ1v) is 9.27. The molecule has 4 rings (SSSR count). The molecule has 1 saturated heterocycles. The van der Waals surface area contributed by atoms with E-state index in [4.69, 9.17) is 4.74 Å². The zero-order valence-electron chi connectivity index (χ0n) is 13.9. The highest BCUT2D eigenvalue weighted by molar-refractivity contribution is 7.99. The molecule has 0 spiro atoms. The van der Waals surface area contributed by atoms with Crippen LogP contribution in [0.3, 0.4) is 0 Å². The molecule has 1 aliphatic rings. The maximum atomic E-state index is 12.9. The lowest BCUT2D eigenvalue weighted by atomic mass is 10.1. The first kappa shape index (κ1) is 16.0. The molecule has 5 nitrogen and oxygen atoms in total. The van der Waals surface area contributed by atoms with Crippen LogP contribution < -0.4 is 4.74 Å². The summed E-state index contributed by atoms with van der Waals surface area (Å²) in [6.45, 7) is 1.49. The molecule has 2 heterocycles. The van der Waals surface area contributed by atoms with Gasteiger partial charge in [-0.25, -0.2) is 4.98 Å². The molecule has 2 aromatic carbocycles. The number of hydrogen-bond acceptors (Lipinski definition) is 4. The van der Waals surface area contributed by atoms with Crippen LogP contribution in [0.4, 0.5) is 0 Å². The Morgan fingerprint density at radius 3 is 2.92 bits per heavy atom. The third-order valence-corrected chi connectivity index (χ3v) is 5.75. The number of benzene rings is 2. The summed E-state index contributed by atoms with van der Waals surface area (Å²) in [6.07, 6.45) is 1.65. The summed E-state index contributed by atoms with van der Waals surface area (Å²) in [5.74, 6) is 1.87. The molecule has 128 valence electrons. The minimum Gasteiger partial charge on any atom is -0.497 e. The number of fused-ring (bicyclic) bond motifs is 1. The lowest BCUT2D eigenvalue weighted by molar-refractivity contribution is 0.0761. The maximum Gasteiger partial charge on any atom is 0.254 e. The Morgan fingerprint density at radius 1 is 1.28 bits per heavy atom. The molecule has 1 unspecified atom stereocenters. The Kier molecular flexibility index (Phi) is 4.36. The lowest BCUT2D eigenvalue weighted by Gasteiger charge is -2.32. The molecular formula is C19H19N3O2S. The van der Waals surface area contributed by atoms with Crippen LogP contribution in [0, 0.1) is 0 Å². The van der Waals surface area contributed by atoms with Gasteiger partial charge in [-0.1, -0.05) is 12.1 Å². The molecule has 1 atom stereocenters. The summed E-state index contributed by atoms with van der Waals surface area (Å²) in [6, 6.07) is 13.7. The van der Waals surface area contributed by atoms with Crippen LogP contribution in [0.2, 0.25) is 0 Å². The Balaban J connectivity index is 1.52. The van der Waals surface area contributed by atoms with E-state index in [1.165, 1.54) is 5.56 Å². The normalized spacial score (nSPS) is 17.6. The molecule has 3 aromatic rings. The van der Waals surface area contributed by atoms with E-state index in [2.05, 4.69) is 22.1 Å². The van der Waals surface area contributed by atoms with E-state index in [9.17, 15) is 4.79 Å². The summed E-state index contributed by atoms with van der Waals surface area (Å²) in [4.78, 5) is 22.1. The van der Waals surface area contributed by atoms with Crippen molar-refractivity contribution in [2.24, 2.45) is 0 Å². The van der Waals surface area contributed by atoms with Crippen LogP contribution in [-0.4, -0.2) is 46.7 Å². The monoisotopic (exact) mass is 353 g/mol. The molecule has 1 aromatic heterocycles. The molecule has 25 heavy (non-hydrogen) atoms. The number of carbonyl (C=O) groups is 1. The number of imidazole rings is 1. The number of methoxy groups -OCH3 is 1. The van der Waals surface area contributed by atoms with Crippen molar-refractivity contribution in [3.05, 3.63) is 59.9 Å². The van der Waals surface area contributed by atoms with Gasteiger partial charge in [0.2, 0.25) is 0 Å². The highest BCUT2D eigenvalue weighted by Gasteiger charge is 2.26. The second-order valence-electron chi connectivity index (χ2n) is 6.02. The largest absolute Gasteiger partial charge is 0.497 e. The average molecular weight is 353 g/mol. The molecule has 1 fully saturated rings. The number of amides is 1. The SMILES string of the molecule is COc1ccc(C2CN(C(=O)c3ccc4nc[nH]c4c3)CCS2)cc1. The van der Waals surface area contributed by atoms with Crippen LogP contribution in [0.15, 0.2) is 48.8 Å². The quantitative estimate of drug-likeness (QED) is 0.783. The Morgan fingerprint density at radius 2 is 2.12 bits per heavy atom. The van der Waals surface area contributed by atoms with Crippen LogP contribution >= 0.6 is 11.8 Å². The first-order valence-electron chi connectivity index (χ1n) is 8.22. The molecule has 1 N–H and O–H groups in total. The van der Waals surface area contributed by atoms with Gasteiger partial charge < -0.3 is 14.6 Å². The number of nitrogens with zero attached hydrogens (tertiary/aromatic N) is 2. The zero-order valence-corrected chi connectivity index (χ0v) is 14.8. The fourth-order valence-electron chi connectivity index (χ4n) is 3.11. The van der Waals surface area contributed by atoms with E-state index in [0.29, 0.717) is 10.8 Å². The second-order valence-corrected chi connectivity index (χ2v) is 7.33. The number of aromatic amines is 1. The fourth-order valence-corrected chi connectivity index (χ4v) is 4.35. The van der Waals surface area contributed by atoms with E-state index < -0.39 is 0 Å². The van der Waals surface area contributed by atoms with Crippen LogP contribution in [0.1, 0.15) is 21.2 Å². The van der Waals surface area contributed by atoms with Gasteiger partial charge in [-0.2, -0.15) is 11.8 Å². The Bertz CT molecular complexity index is 891. The first-order chi connectivity index (χ1) is 12.2. The summed E-state index contributed by atoms with van der Waals surface area (Å²) < 4.78 is 5.22. The molecule has 6 heteroatoms. The molecule has 0 aliphatic carbocycles. The number of thioether (sulfide) groups is 1. The van der Waals surface area contributed by atoms with E-state index in [0.717, 1.165) is 35.6 Å². The van der Waals surface area contributed by atoms with Gasteiger partial charge in [0.1, 0.15) is 5.75 Å².